The highest BCUT2D eigenvalue weighted by Crippen LogP contribution is 2.36. The van der Waals surface area contributed by atoms with Crippen LogP contribution < -0.4 is 0 Å². The van der Waals surface area contributed by atoms with E-state index in [0.717, 1.165) is 114 Å². The van der Waals surface area contributed by atoms with Crippen LogP contribution in [0.2, 0.25) is 0 Å². The molecule has 4 rings (SSSR count). The zero-order valence-electron chi connectivity index (χ0n) is 52.2. The first-order valence-electron chi connectivity index (χ1n) is 31.0. The topological polar surface area (TPSA) is 49.9 Å². The lowest BCUT2D eigenvalue weighted by Gasteiger charge is -2.31. The number of unbranched alkanes of at least 4 members (excludes halogenated alkanes) is 4. The van der Waals surface area contributed by atoms with Crippen molar-refractivity contribution in [2.45, 2.75) is 297 Å². The Balaban J connectivity index is -0.000000423. The molecule has 434 valence electrons. The highest BCUT2D eigenvalue weighted by atomic mass is 19.1. The molecule has 1 aliphatic carbocycles. The maximum Gasteiger partial charge on any atom is 0.209 e. The second-order valence-corrected chi connectivity index (χ2v) is 22.1. The van der Waals surface area contributed by atoms with Gasteiger partial charge in [0.1, 0.15) is 11.6 Å². The summed E-state index contributed by atoms with van der Waals surface area (Å²) in [5.74, 6) is 4.02. The number of rotatable bonds is 26. The monoisotopic (exact) mass is 1030 g/mol. The van der Waals surface area contributed by atoms with E-state index in [-0.39, 0.29) is 11.7 Å². The molecule has 6 unspecified atom stereocenters. The first-order valence-corrected chi connectivity index (χ1v) is 31.0. The van der Waals surface area contributed by atoms with E-state index in [1.165, 1.54) is 128 Å². The summed E-state index contributed by atoms with van der Waals surface area (Å²) in [7, 11) is 1.86. The Labute approximate surface area is 456 Å². The number of carbonyl (C=O) groups is 2. The fourth-order valence-electron chi connectivity index (χ4n) is 8.65. The van der Waals surface area contributed by atoms with Gasteiger partial charge in [-0.25, -0.2) is 8.78 Å². The van der Waals surface area contributed by atoms with Crippen LogP contribution in [-0.2, 0) is 14.3 Å². The van der Waals surface area contributed by atoms with Crippen LogP contribution in [0.5, 0.6) is 0 Å². The zero-order chi connectivity index (χ0) is 56.2. The third-order valence-electron chi connectivity index (χ3n) is 15.6. The summed E-state index contributed by atoms with van der Waals surface area (Å²) in [6, 6.07) is 4.51. The fraction of sp³-hybridized carbons (Fsp3) is 0.848. The van der Waals surface area contributed by atoms with Crippen LogP contribution in [0.4, 0.5) is 8.78 Å². The number of allylic oxidation sites excluding steroid dienone is 2. The molecule has 7 heteroatoms. The quantitative estimate of drug-likeness (QED) is 0.0528. The standard InChI is InChI=1S/C25H42F2.C9H19NO.C7H16.C6H10.C6H14.C5H9NO.C4H8O.C4H10/c1-7-10-22(13-11-18(4)8-2)20(6)19(5)12-14-21(9-3)24-16-15-23(26)17-25(24)27;1-4-6-9(7-5-2)10(3)8-11;1-5-7(4)6(2)3;1-2-6-4-3-5-6;1-3-5-6-4-2;7-5-6-3-1-2-4-6;1-2-4-5-3-1;1-3-4-2/h15-22H,7-14H2,1-6H3;8-9H,4-7H2,1-3H3;6-7H,5H2,1-4H3;2H,3-5H2,1H3;3-6H2,1-2H3;5H,1-4H2;1-4H2;3-4H2,1-2H3. The van der Waals surface area contributed by atoms with Crippen molar-refractivity contribution in [1.29, 1.82) is 0 Å². The smallest absolute Gasteiger partial charge is 0.209 e. The van der Waals surface area contributed by atoms with Gasteiger partial charge in [0.2, 0.25) is 12.8 Å². The van der Waals surface area contributed by atoms with E-state index in [9.17, 15) is 18.4 Å². The van der Waals surface area contributed by atoms with Crippen molar-refractivity contribution in [3.05, 3.63) is 47.0 Å². The third kappa shape index (κ3) is 45.6. The summed E-state index contributed by atoms with van der Waals surface area (Å²) < 4.78 is 32.3. The van der Waals surface area contributed by atoms with Crippen LogP contribution >= 0.6 is 0 Å². The maximum atomic E-state index is 14.2. The van der Waals surface area contributed by atoms with Crippen LogP contribution in [-0.4, -0.2) is 62.0 Å². The number of hydrogen-bond acceptors (Lipinski definition) is 3. The molecule has 3 aliphatic rings. The number of benzene rings is 1. The van der Waals surface area contributed by atoms with Crippen molar-refractivity contribution < 1.29 is 23.1 Å². The third-order valence-corrected chi connectivity index (χ3v) is 15.6. The lowest BCUT2D eigenvalue weighted by molar-refractivity contribution is -0.119. The first kappa shape index (κ1) is 77.2. The van der Waals surface area contributed by atoms with Gasteiger partial charge in [0.05, 0.1) is 0 Å². The minimum absolute atomic E-state index is 0.185. The number of halogens is 2. The number of nitrogens with zero attached hydrogens (tertiary/aromatic N) is 2. The average Bonchev–Trinajstić information content (AvgIpc) is 4.16. The molecule has 0 radical (unpaired) electrons. The van der Waals surface area contributed by atoms with Gasteiger partial charge in [-0.1, -0.05) is 212 Å². The summed E-state index contributed by atoms with van der Waals surface area (Å²) >= 11 is 0. The van der Waals surface area contributed by atoms with E-state index in [4.69, 9.17) is 4.74 Å². The molecule has 0 spiro atoms. The van der Waals surface area contributed by atoms with Gasteiger partial charge in [0.15, 0.2) is 0 Å². The van der Waals surface area contributed by atoms with Crippen LogP contribution in [0, 0.1) is 47.1 Å². The Kier molecular flexibility index (Phi) is 59.2. The molecule has 1 aromatic carbocycles. The lowest BCUT2D eigenvalue weighted by atomic mass is 9.75. The number of likely N-dealkylation sites (tertiary alicyclic amines) is 1. The normalized spacial score (nSPS) is 15.8. The molecule has 2 saturated heterocycles. The predicted molar refractivity (Wildman–Crippen MR) is 321 cm³/mol. The zero-order valence-corrected chi connectivity index (χ0v) is 52.2. The summed E-state index contributed by atoms with van der Waals surface area (Å²) in [5, 5.41) is 0. The van der Waals surface area contributed by atoms with Crippen LogP contribution in [0.25, 0.3) is 0 Å². The van der Waals surface area contributed by atoms with Gasteiger partial charge in [0.25, 0.3) is 0 Å². The molecule has 2 heterocycles. The molecule has 2 aliphatic heterocycles. The van der Waals surface area contributed by atoms with Crippen molar-refractivity contribution >= 4 is 12.8 Å². The van der Waals surface area contributed by atoms with Gasteiger partial charge >= 0.3 is 0 Å². The van der Waals surface area contributed by atoms with Gasteiger partial charge in [-0.15, -0.1) is 0 Å². The molecule has 73 heavy (non-hydrogen) atoms. The highest BCUT2D eigenvalue weighted by molar-refractivity contribution is 5.47. The second-order valence-electron chi connectivity index (χ2n) is 22.1. The predicted octanol–water partition coefficient (Wildman–Crippen LogP) is 21.0. The molecule has 6 atom stereocenters. The summed E-state index contributed by atoms with van der Waals surface area (Å²) in [4.78, 5) is 23.9. The molecular formula is C66H128F2N2O3. The molecule has 1 aromatic rings. The minimum Gasteiger partial charge on any atom is -0.381 e. The van der Waals surface area contributed by atoms with Gasteiger partial charge < -0.3 is 14.5 Å². The van der Waals surface area contributed by atoms with E-state index in [1.807, 2.05) is 7.05 Å². The summed E-state index contributed by atoms with van der Waals surface area (Å²) in [5.41, 5.74) is 2.33. The molecule has 0 bridgehead atoms. The van der Waals surface area contributed by atoms with E-state index in [2.05, 4.69) is 124 Å². The van der Waals surface area contributed by atoms with E-state index < -0.39 is 5.82 Å². The van der Waals surface area contributed by atoms with E-state index >= 15 is 0 Å². The van der Waals surface area contributed by atoms with Crippen molar-refractivity contribution in [1.82, 2.24) is 9.80 Å². The van der Waals surface area contributed by atoms with Crippen LogP contribution in [0.1, 0.15) is 296 Å². The van der Waals surface area contributed by atoms with Crippen molar-refractivity contribution in [3.8, 4) is 0 Å². The second kappa shape index (κ2) is 55.9. The number of amides is 2. The summed E-state index contributed by atoms with van der Waals surface area (Å²) in [6.45, 7) is 42.1. The Hall–Kier alpha value is -2.28. The van der Waals surface area contributed by atoms with Crippen molar-refractivity contribution in [2.75, 3.05) is 33.4 Å². The largest absolute Gasteiger partial charge is 0.381 e. The minimum atomic E-state index is -0.489. The Morgan fingerprint density at radius 2 is 1.16 bits per heavy atom. The molecule has 0 aromatic heterocycles. The molecule has 5 nitrogen and oxygen atoms in total. The van der Waals surface area contributed by atoms with E-state index in [0.29, 0.717) is 23.4 Å². The molecule has 2 amide bonds. The van der Waals surface area contributed by atoms with Gasteiger partial charge in [-0.2, -0.15) is 0 Å². The average molecular weight is 1040 g/mol. The van der Waals surface area contributed by atoms with E-state index in [1.54, 1.807) is 21.4 Å². The van der Waals surface area contributed by atoms with Crippen molar-refractivity contribution in [2.24, 2.45) is 35.5 Å². The van der Waals surface area contributed by atoms with Gasteiger partial charge in [0, 0.05) is 45.5 Å². The highest BCUT2D eigenvalue weighted by Gasteiger charge is 2.24. The Morgan fingerprint density at radius 3 is 1.47 bits per heavy atom. The first-order chi connectivity index (χ1) is 35.0. The number of ether oxygens (including phenoxy) is 1. The lowest BCUT2D eigenvalue weighted by Crippen LogP contribution is -2.30. The number of carbonyl (C=O) groups excluding carboxylic acids is 2. The summed E-state index contributed by atoms with van der Waals surface area (Å²) in [6.07, 6.45) is 36.7. The van der Waals surface area contributed by atoms with Crippen LogP contribution in [0.15, 0.2) is 29.8 Å². The number of hydrogen-bond donors (Lipinski definition) is 0. The fourth-order valence-corrected chi connectivity index (χ4v) is 8.65. The van der Waals surface area contributed by atoms with Crippen molar-refractivity contribution in [3.63, 3.8) is 0 Å². The molecular weight excluding hydrogens is 907 g/mol. The molecule has 3 fully saturated rings. The molecule has 1 saturated carbocycles. The van der Waals surface area contributed by atoms with Gasteiger partial charge in [-0.05, 0) is 143 Å². The maximum absolute atomic E-state index is 14.2. The Bertz CT molecular complexity index is 1300. The molecule has 0 N–H and O–H groups in total. The van der Waals surface area contributed by atoms with Gasteiger partial charge in [-0.3, -0.25) is 9.59 Å². The van der Waals surface area contributed by atoms with Crippen LogP contribution in [0.3, 0.4) is 0 Å². The Morgan fingerprint density at radius 1 is 0.616 bits per heavy atom. The SMILES string of the molecule is C1CCOC1.CC=C1CCC1.CCC(C)C(C)C.CCCC.CCCC(CCC(C)CC)C(C)C(C)CCC(CC)c1ccc(F)cc1F.CCCC(CCC)N(C)C=O.CCCCCC.O=CN1CCCC1.